The first kappa shape index (κ1) is 24.3. The number of hydrogen-bond acceptors (Lipinski definition) is 6. The van der Waals surface area contributed by atoms with E-state index in [2.05, 4.69) is 9.97 Å². The van der Waals surface area contributed by atoms with E-state index in [1.165, 1.54) is 0 Å². The van der Waals surface area contributed by atoms with E-state index in [9.17, 15) is 18.4 Å². The van der Waals surface area contributed by atoms with E-state index < -0.39 is 23.6 Å². The molecule has 37 heavy (non-hydrogen) atoms. The third-order valence-electron chi connectivity index (χ3n) is 6.54. The summed E-state index contributed by atoms with van der Waals surface area (Å²) in [5.74, 6) is -3.68. The van der Waals surface area contributed by atoms with E-state index >= 15 is 0 Å². The van der Waals surface area contributed by atoms with Crippen LogP contribution in [0.5, 0.6) is 0 Å². The Morgan fingerprint density at radius 2 is 1.68 bits per heavy atom. The van der Waals surface area contributed by atoms with Crippen LogP contribution in [0, 0.1) is 11.6 Å². The molecule has 5 rings (SSSR count). The van der Waals surface area contributed by atoms with Gasteiger partial charge in [0.15, 0.2) is 11.6 Å². The number of rotatable bonds is 6. The number of aliphatic carboxylic acids is 1. The monoisotopic (exact) mass is 503 g/mol. The molecule has 0 fully saturated rings. The molecule has 8 nitrogen and oxygen atoms in total. The summed E-state index contributed by atoms with van der Waals surface area (Å²) in [5.41, 5.74) is 15.4. The summed E-state index contributed by atoms with van der Waals surface area (Å²) < 4.78 is 28.4. The number of nitrogens with zero attached hydrogens (tertiary/aromatic N) is 3. The Morgan fingerprint density at radius 1 is 1.00 bits per heavy atom. The fourth-order valence-electron chi connectivity index (χ4n) is 4.60. The Bertz CT molecular complexity index is 1530. The number of hydrogen-bond donors (Lipinski definition) is 3. The molecular formula is C27H23F2N5O3. The van der Waals surface area contributed by atoms with Crippen LogP contribution < -0.4 is 11.5 Å². The molecule has 188 valence electrons. The number of amides is 1. The molecule has 5 N–H and O–H groups in total. The molecule has 0 bridgehead atoms. The van der Waals surface area contributed by atoms with Crippen molar-refractivity contribution in [2.75, 3.05) is 5.73 Å². The van der Waals surface area contributed by atoms with Crippen LogP contribution in [0.1, 0.15) is 33.6 Å². The van der Waals surface area contributed by atoms with Crippen molar-refractivity contribution in [2.45, 2.75) is 32.0 Å². The van der Waals surface area contributed by atoms with Gasteiger partial charge in [0.1, 0.15) is 11.7 Å². The predicted octanol–water partition coefficient (Wildman–Crippen LogP) is 3.66. The number of halogens is 2. The molecule has 1 aliphatic heterocycles. The van der Waals surface area contributed by atoms with E-state index in [4.69, 9.17) is 16.6 Å². The average molecular weight is 504 g/mol. The maximum atomic E-state index is 14.3. The highest BCUT2D eigenvalue weighted by atomic mass is 19.2. The van der Waals surface area contributed by atoms with Crippen molar-refractivity contribution in [1.29, 1.82) is 0 Å². The number of nitrogen functional groups attached to an aromatic ring is 1. The van der Waals surface area contributed by atoms with Crippen LogP contribution in [-0.4, -0.2) is 37.9 Å². The number of aromatic nitrogens is 2. The fraction of sp³-hybridized carbons (Fsp3) is 0.185. The Labute approximate surface area is 210 Å². The van der Waals surface area contributed by atoms with Gasteiger partial charge in [0.05, 0.1) is 5.52 Å². The van der Waals surface area contributed by atoms with Gasteiger partial charge < -0.3 is 21.5 Å². The van der Waals surface area contributed by atoms with Crippen LogP contribution in [0.25, 0.3) is 22.0 Å². The lowest BCUT2D eigenvalue weighted by atomic mass is 9.93. The van der Waals surface area contributed by atoms with Crippen molar-refractivity contribution in [3.63, 3.8) is 0 Å². The maximum absolute atomic E-state index is 14.3. The topological polar surface area (TPSA) is 135 Å². The molecule has 1 aliphatic rings. The first-order valence-corrected chi connectivity index (χ1v) is 11.6. The predicted molar refractivity (Wildman–Crippen MR) is 133 cm³/mol. The van der Waals surface area contributed by atoms with E-state index in [-0.39, 0.29) is 30.4 Å². The van der Waals surface area contributed by atoms with Gasteiger partial charge in [-0.1, -0.05) is 30.3 Å². The zero-order valence-electron chi connectivity index (χ0n) is 19.6. The average Bonchev–Trinajstić information content (AvgIpc) is 3.32. The summed E-state index contributed by atoms with van der Waals surface area (Å²) in [6.45, 7) is 0.856. The number of carboxylic acids is 1. The molecule has 1 aromatic heterocycles. The van der Waals surface area contributed by atoms with Crippen molar-refractivity contribution in [3.05, 3.63) is 88.6 Å². The van der Waals surface area contributed by atoms with Gasteiger partial charge in [0.2, 0.25) is 5.95 Å². The molecular weight excluding hydrogens is 480 g/mol. The van der Waals surface area contributed by atoms with Crippen LogP contribution in [-0.2, 0) is 24.3 Å². The highest BCUT2D eigenvalue weighted by Gasteiger charge is 2.27. The van der Waals surface area contributed by atoms with Crippen molar-refractivity contribution >= 4 is 28.7 Å². The second-order valence-corrected chi connectivity index (χ2v) is 9.00. The molecule has 3 aromatic carbocycles. The lowest BCUT2D eigenvalue weighted by molar-refractivity contribution is -0.138. The standard InChI is InChI=1S/C27H23F2N5O3/c28-20-10-15(5-7-22(30)26(36)37)18(11-21(20)29)14-6-8-23-19(9-14)24(33-27(31)32-23)25(35)34-12-16-3-1-2-4-17(16)13-34/h1-4,6,8-11,22H,5,7,12-13,30H2,(H,36,37)(H2,31,32,33)/t22-/m0/s1. The number of anilines is 1. The zero-order chi connectivity index (χ0) is 26.3. The minimum Gasteiger partial charge on any atom is -0.480 e. The molecule has 4 aromatic rings. The van der Waals surface area contributed by atoms with Gasteiger partial charge in [0.25, 0.3) is 5.91 Å². The Kier molecular flexibility index (Phi) is 6.26. The lowest BCUT2D eigenvalue weighted by Crippen LogP contribution is -2.30. The quantitative estimate of drug-likeness (QED) is 0.365. The normalized spacial score (nSPS) is 13.5. The summed E-state index contributed by atoms with van der Waals surface area (Å²) in [6, 6.07) is 13.6. The largest absolute Gasteiger partial charge is 0.480 e. The number of aryl methyl sites for hydroxylation is 1. The van der Waals surface area contributed by atoms with Gasteiger partial charge >= 0.3 is 5.97 Å². The van der Waals surface area contributed by atoms with Gasteiger partial charge in [-0.3, -0.25) is 9.59 Å². The highest BCUT2D eigenvalue weighted by Crippen LogP contribution is 2.32. The second-order valence-electron chi connectivity index (χ2n) is 9.00. The first-order valence-electron chi connectivity index (χ1n) is 11.6. The molecule has 0 radical (unpaired) electrons. The second kappa shape index (κ2) is 9.55. The van der Waals surface area contributed by atoms with Crippen LogP contribution in [0.3, 0.4) is 0 Å². The minimum absolute atomic E-state index is 0.0277. The van der Waals surface area contributed by atoms with Gasteiger partial charge in [-0.2, -0.15) is 0 Å². The van der Waals surface area contributed by atoms with E-state index in [1.807, 2.05) is 24.3 Å². The SMILES string of the molecule is Nc1nc(C(=O)N2Cc3ccccc3C2)c2cc(-c3cc(F)c(F)cc3CC[C@H](N)C(=O)O)ccc2n1. The number of carbonyl (C=O) groups is 2. The smallest absolute Gasteiger partial charge is 0.320 e. The Morgan fingerprint density at radius 3 is 2.35 bits per heavy atom. The third-order valence-corrected chi connectivity index (χ3v) is 6.54. The number of fused-ring (bicyclic) bond motifs is 2. The molecule has 0 spiro atoms. The van der Waals surface area contributed by atoms with Gasteiger partial charge in [-0.05, 0) is 64.9 Å². The number of nitrogens with two attached hydrogens (primary N) is 2. The molecule has 1 amide bonds. The summed E-state index contributed by atoms with van der Waals surface area (Å²) in [7, 11) is 0. The molecule has 1 atom stereocenters. The summed E-state index contributed by atoms with van der Waals surface area (Å²) in [5, 5.41) is 9.50. The van der Waals surface area contributed by atoms with Crippen LogP contribution >= 0.6 is 0 Å². The molecule has 2 heterocycles. The number of benzene rings is 3. The van der Waals surface area contributed by atoms with Crippen LogP contribution in [0.15, 0.2) is 54.6 Å². The maximum Gasteiger partial charge on any atom is 0.320 e. The summed E-state index contributed by atoms with van der Waals surface area (Å²) >= 11 is 0. The molecule has 0 saturated carbocycles. The van der Waals surface area contributed by atoms with Crippen molar-refractivity contribution in [3.8, 4) is 11.1 Å². The minimum atomic E-state index is -1.18. The van der Waals surface area contributed by atoms with Gasteiger partial charge in [-0.15, -0.1) is 0 Å². The van der Waals surface area contributed by atoms with Crippen molar-refractivity contribution < 1.29 is 23.5 Å². The van der Waals surface area contributed by atoms with Crippen molar-refractivity contribution in [2.24, 2.45) is 5.73 Å². The van der Waals surface area contributed by atoms with Crippen LogP contribution in [0.4, 0.5) is 14.7 Å². The molecule has 0 unspecified atom stereocenters. The Balaban J connectivity index is 1.56. The summed E-state index contributed by atoms with van der Waals surface area (Å²) in [6.07, 6.45) is 0.133. The lowest BCUT2D eigenvalue weighted by Gasteiger charge is -2.17. The first-order chi connectivity index (χ1) is 17.7. The van der Waals surface area contributed by atoms with Gasteiger partial charge in [0, 0.05) is 18.5 Å². The van der Waals surface area contributed by atoms with Gasteiger partial charge in [-0.25, -0.2) is 18.7 Å². The molecule has 10 heteroatoms. The number of carbonyl (C=O) groups excluding carboxylic acids is 1. The number of carboxylic acid groups (broad SMARTS) is 1. The summed E-state index contributed by atoms with van der Waals surface area (Å²) in [4.78, 5) is 34.8. The van der Waals surface area contributed by atoms with Crippen LogP contribution in [0.2, 0.25) is 0 Å². The fourth-order valence-corrected chi connectivity index (χ4v) is 4.60. The van der Waals surface area contributed by atoms with E-state index in [0.29, 0.717) is 40.7 Å². The van der Waals surface area contributed by atoms with Crippen molar-refractivity contribution in [1.82, 2.24) is 14.9 Å². The highest BCUT2D eigenvalue weighted by molar-refractivity contribution is 6.06. The third kappa shape index (κ3) is 4.70. The zero-order valence-corrected chi connectivity index (χ0v) is 19.6. The molecule has 0 aliphatic carbocycles. The van der Waals surface area contributed by atoms with E-state index in [0.717, 1.165) is 23.3 Å². The molecule has 0 saturated heterocycles. The van der Waals surface area contributed by atoms with E-state index in [1.54, 1.807) is 23.1 Å². The Hall–Kier alpha value is -4.44.